The predicted octanol–water partition coefficient (Wildman–Crippen LogP) is 2.73. The molecule has 4 heteroatoms. The first-order chi connectivity index (χ1) is 8.69. The van der Waals surface area contributed by atoms with Crippen LogP contribution in [0.3, 0.4) is 0 Å². The molecule has 1 N–H and O–H groups in total. The van der Waals surface area contributed by atoms with Crippen molar-refractivity contribution < 1.29 is 19.4 Å². The summed E-state index contributed by atoms with van der Waals surface area (Å²) in [5, 5.41) is 11.4. The van der Waals surface area contributed by atoms with Crippen molar-refractivity contribution in [1.82, 2.24) is 0 Å². The number of fused-ring (bicyclic) bond motifs is 1. The molecular weight excluding hydrogens is 232 g/mol. The van der Waals surface area contributed by atoms with Gasteiger partial charge in [0.1, 0.15) is 17.1 Å². The lowest BCUT2D eigenvalue weighted by atomic mass is 10.0. The molecule has 2 aromatic carbocycles. The smallest absolute Gasteiger partial charge is 0.341 e. The number of phenolic OH excluding ortho intramolecular Hbond substituents is 1. The number of aromatic hydroxyl groups is 1. The Morgan fingerprint density at radius 2 is 2.00 bits per heavy atom. The van der Waals surface area contributed by atoms with Gasteiger partial charge in [-0.1, -0.05) is 12.1 Å². The number of ether oxygens (including phenoxy) is 2. The van der Waals surface area contributed by atoms with E-state index < -0.39 is 5.97 Å². The summed E-state index contributed by atoms with van der Waals surface area (Å²) >= 11 is 0. The molecule has 0 amide bonds. The van der Waals surface area contributed by atoms with Gasteiger partial charge in [0.15, 0.2) is 0 Å². The monoisotopic (exact) mass is 246 g/mol. The zero-order valence-electron chi connectivity index (χ0n) is 10.3. The van der Waals surface area contributed by atoms with E-state index in [1.807, 2.05) is 0 Å². The zero-order valence-corrected chi connectivity index (χ0v) is 10.3. The number of carbonyl (C=O) groups is 1. The molecule has 0 saturated heterocycles. The van der Waals surface area contributed by atoms with Gasteiger partial charge in [0.25, 0.3) is 0 Å². The van der Waals surface area contributed by atoms with E-state index in [2.05, 4.69) is 0 Å². The number of methoxy groups -OCH3 is 1. The van der Waals surface area contributed by atoms with Gasteiger partial charge in [-0.2, -0.15) is 0 Å². The van der Waals surface area contributed by atoms with Crippen LogP contribution in [0.25, 0.3) is 10.8 Å². The van der Waals surface area contributed by atoms with Gasteiger partial charge in [0.2, 0.25) is 0 Å². The number of rotatable bonds is 3. The molecule has 0 spiro atoms. The molecule has 0 fully saturated rings. The first-order valence-corrected chi connectivity index (χ1v) is 5.64. The third kappa shape index (κ3) is 1.97. The minimum absolute atomic E-state index is 0.0788. The van der Waals surface area contributed by atoms with Gasteiger partial charge < -0.3 is 14.6 Å². The van der Waals surface area contributed by atoms with E-state index in [1.165, 1.54) is 6.07 Å². The summed E-state index contributed by atoms with van der Waals surface area (Å²) in [5.41, 5.74) is 0.164. The Bertz CT molecular complexity index is 590. The van der Waals surface area contributed by atoms with Crippen LogP contribution in [0.2, 0.25) is 0 Å². The fourth-order valence-electron chi connectivity index (χ4n) is 1.86. The van der Waals surface area contributed by atoms with Gasteiger partial charge in [-0.25, -0.2) is 4.79 Å². The van der Waals surface area contributed by atoms with Crippen molar-refractivity contribution >= 4 is 16.7 Å². The minimum Gasteiger partial charge on any atom is -0.506 e. The summed E-state index contributed by atoms with van der Waals surface area (Å²) in [6.45, 7) is 1.99. The molecule has 4 nitrogen and oxygen atoms in total. The molecule has 0 aliphatic rings. The van der Waals surface area contributed by atoms with E-state index in [0.29, 0.717) is 11.1 Å². The Morgan fingerprint density at radius 1 is 1.22 bits per heavy atom. The highest BCUT2D eigenvalue weighted by Gasteiger charge is 2.15. The second kappa shape index (κ2) is 4.96. The van der Waals surface area contributed by atoms with Gasteiger partial charge in [-0.3, -0.25) is 0 Å². The van der Waals surface area contributed by atoms with Crippen LogP contribution < -0.4 is 4.74 Å². The second-order valence-corrected chi connectivity index (χ2v) is 3.74. The Labute approximate surface area is 105 Å². The van der Waals surface area contributed by atoms with Crippen molar-refractivity contribution in [3.63, 3.8) is 0 Å². The van der Waals surface area contributed by atoms with Crippen LogP contribution in [0.1, 0.15) is 17.3 Å². The fourth-order valence-corrected chi connectivity index (χ4v) is 1.86. The van der Waals surface area contributed by atoms with E-state index in [1.54, 1.807) is 38.3 Å². The standard InChI is InChI=1S/C14H14O4/c1-3-18-14(16)11-8-7-9-10(13(11)15)5-4-6-12(9)17-2/h4-8,15H,3H2,1-2H3. The van der Waals surface area contributed by atoms with Crippen LogP contribution in [0.5, 0.6) is 11.5 Å². The van der Waals surface area contributed by atoms with Crippen LogP contribution in [0, 0.1) is 0 Å². The van der Waals surface area contributed by atoms with E-state index in [4.69, 9.17) is 9.47 Å². The number of phenols is 1. The molecule has 94 valence electrons. The first-order valence-electron chi connectivity index (χ1n) is 5.64. The molecule has 0 aliphatic carbocycles. The average molecular weight is 246 g/mol. The van der Waals surface area contributed by atoms with E-state index >= 15 is 0 Å². The highest BCUT2D eigenvalue weighted by Crippen LogP contribution is 2.34. The molecular formula is C14H14O4. The van der Waals surface area contributed by atoms with E-state index in [-0.39, 0.29) is 17.9 Å². The average Bonchev–Trinajstić information content (AvgIpc) is 2.39. The summed E-state index contributed by atoms with van der Waals surface area (Å²) in [4.78, 5) is 11.7. The number of hydrogen-bond donors (Lipinski definition) is 1. The first kappa shape index (κ1) is 12.2. The molecule has 18 heavy (non-hydrogen) atoms. The Hall–Kier alpha value is -2.23. The molecule has 0 aliphatic heterocycles. The van der Waals surface area contributed by atoms with Crippen molar-refractivity contribution in [2.75, 3.05) is 13.7 Å². The molecule has 0 atom stereocenters. The Kier molecular flexibility index (Phi) is 3.37. The molecule has 0 bridgehead atoms. The third-order valence-electron chi connectivity index (χ3n) is 2.71. The Morgan fingerprint density at radius 3 is 2.67 bits per heavy atom. The van der Waals surface area contributed by atoms with Crippen LogP contribution in [-0.4, -0.2) is 24.8 Å². The molecule has 0 saturated carbocycles. The van der Waals surface area contributed by atoms with Crippen molar-refractivity contribution in [3.8, 4) is 11.5 Å². The van der Waals surface area contributed by atoms with Crippen LogP contribution in [0.15, 0.2) is 30.3 Å². The van der Waals surface area contributed by atoms with Gasteiger partial charge >= 0.3 is 5.97 Å². The highest BCUT2D eigenvalue weighted by atomic mass is 16.5. The summed E-state index contributed by atoms with van der Waals surface area (Å²) in [6, 6.07) is 8.57. The van der Waals surface area contributed by atoms with E-state index in [9.17, 15) is 9.90 Å². The summed E-state index contributed by atoms with van der Waals surface area (Å²) in [6.07, 6.45) is 0. The number of hydrogen-bond acceptors (Lipinski definition) is 4. The Balaban J connectivity index is 2.61. The largest absolute Gasteiger partial charge is 0.506 e. The van der Waals surface area contributed by atoms with Crippen LogP contribution in [-0.2, 0) is 4.74 Å². The van der Waals surface area contributed by atoms with Gasteiger partial charge in [0.05, 0.1) is 13.7 Å². The zero-order chi connectivity index (χ0) is 13.1. The van der Waals surface area contributed by atoms with Gasteiger partial charge in [0, 0.05) is 10.8 Å². The maximum Gasteiger partial charge on any atom is 0.341 e. The SMILES string of the molecule is CCOC(=O)c1ccc2c(OC)cccc2c1O. The molecule has 0 unspecified atom stereocenters. The second-order valence-electron chi connectivity index (χ2n) is 3.74. The van der Waals surface area contributed by atoms with Crippen molar-refractivity contribution in [1.29, 1.82) is 0 Å². The summed E-state index contributed by atoms with van der Waals surface area (Å²) in [7, 11) is 1.56. The fraction of sp³-hybridized carbons (Fsp3) is 0.214. The molecule has 2 rings (SSSR count). The molecule has 2 aromatic rings. The van der Waals surface area contributed by atoms with E-state index in [0.717, 1.165) is 5.39 Å². The lowest BCUT2D eigenvalue weighted by Crippen LogP contribution is -2.05. The minimum atomic E-state index is -0.528. The number of carbonyl (C=O) groups excluding carboxylic acids is 1. The molecule has 0 aromatic heterocycles. The summed E-state index contributed by atoms with van der Waals surface area (Å²) < 4.78 is 10.1. The predicted molar refractivity (Wildman–Crippen MR) is 68.1 cm³/mol. The molecule has 0 radical (unpaired) electrons. The van der Waals surface area contributed by atoms with Crippen molar-refractivity contribution in [3.05, 3.63) is 35.9 Å². The molecule has 0 heterocycles. The lowest BCUT2D eigenvalue weighted by Gasteiger charge is -2.09. The lowest BCUT2D eigenvalue weighted by molar-refractivity contribution is 0.0523. The van der Waals surface area contributed by atoms with Gasteiger partial charge in [-0.15, -0.1) is 0 Å². The third-order valence-corrected chi connectivity index (χ3v) is 2.71. The van der Waals surface area contributed by atoms with Crippen LogP contribution >= 0.6 is 0 Å². The quantitative estimate of drug-likeness (QED) is 0.846. The van der Waals surface area contributed by atoms with Crippen molar-refractivity contribution in [2.45, 2.75) is 6.92 Å². The number of esters is 1. The van der Waals surface area contributed by atoms with Gasteiger partial charge in [-0.05, 0) is 25.1 Å². The normalized spacial score (nSPS) is 10.3. The van der Waals surface area contributed by atoms with Crippen molar-refractivity contribution in [2.24, 2.45) is 0 Å². The maximum absolute atomic E-state index is 11.7. The summed E-state index contributed by atoms with van der Waals surface area (Å²) in [5.74, 6) is 0.0442. The highest BCUT2D eigenvalue weighted by molar-refractivity contribution is 6.02. The topological polar surface area (TPSA) is 55.8 Å². The number of benzene rings is 2. The maximum atomic E-state index is 11.7. The van der Waals surface area contributed by atoms with Crippen LogP contribution in [0.4, 0.5) is 0 Å².